The first-order chi connectivity index (χ1) is 8.66. The van der Waals surface area contributed by atoms with Crippen LogP contribution in [0.3, 0.4) is 0 Å². The molecular weight excluding hydrogens is 235 g/mol. The Hall–Kier alpha value is -2.56. The van der Waals surface area contributed by atoms with E-state index in [0.29, 0.717) is 5.56 Å². The first kappa shape index (κ1) is 11.9. The largest absolute Gasteiger partial charge is 0.269 e. The van der Waals surface area contributed by atoms with E-state index in [2.05, 4.69) is 4.99 Å². The smallest absolute Gasteiger partial charge is 0.258 e. The number of non-ortho nitro benzene ring substituents is 1. The molecule has 0 aliphatic heterocycles. The molecule has 0 amide bonds. The Morgan fingerprint density at radius 1 is 1.11 bits per heavy atom. The second-order valence-corrected chi connectivity index (χ2v) is 3.56. The average molecular weight is 244 g/mol. The maximum atomic E-state index is 13.3. The van der Waals surface area contributed by atoms with Crippen molar-refractivity contribution in [3.8, 4) is 0 Å². The van der Waals surface area contributed by atoms with Crippen LogP contribution in [0.15, 0.2) is 53.5 Å². The fourth-order valence-electron chi connectivity index (χ4n) is 1.38. The van der Waals surface area contributed by atoms with E-state index in [0.717, 1.165) is 0 Å². The van der Waals surface area contributed by atoms with Crippen molar-refractivity contribution in [2.75, 3.05) is 0 Å². The number of hydrogen-bond acceptors (Lipinski definition) is 3. The van der Waals surface area contributed by atoms with Gasteiger partial charge in [-0.2, -0.15) is 0 Å². The molecule has 0 atom stereocenters. The molecule has 0 radical (unpaired) electrons. The summed E-state index contributed by atoms with van der Waals surface area (Å²) in [5, 5.41) is 10.5. The molecule has 2 aromatic rings. The number of aliphatic imine (C=N–C) groups is 1. The maximum Gasteiger partial charge on any atom is 0.269 e. The van der Waals surface area contributed by atoms with Crippen molar-refractivity contribution in [1.29, 1.82) is 0 Å². The molecule has 0 aliphatic carbocycles. The highest BCUT2D eigenvalue weighted by atomic mass is 19.1. The van der Waals surface area contributed by atoms with E-state index in [-0.39, 0.29) is 11.4 Å². The molecule has 0 bridgehead atoms. The van der Waals surface area contributed by atoms with Crippen LogP contribution in [0.2, 0.25) is 0 Å². The van der Waals surface area contributed by atoms with Crippen LogP contribution in [0.5, 0.6) is 0 Å². The monoisotopic (exact) mass is 244 g/mol. The minimum absolute atomic E-state index is 0.0121. The number of nitro benzene ring substituents is 1. The first-order valence-electron chi connectivity index (χ1n) is 5.20. The van der Waals surface area contributed by atoms with Gasteiger partial charge in [0.1, 0.15) is 5.82 Å². The summed E-state index contributed by atoms with van der Waals surface area (Å²) in [4.78, 5) is 14.0. The minimum atomic E-state index is -0.474. The van der Waals surface area contributed by atoms with Crippen molar-refractivity contribution in [3.63, 3.8) is 0 Å². The molecule has 0 unspecified atom stereocenters. The highest BCUT2D eigenvalue weighted by Gasteiger charge is 2.02. The van der Waals surface area contributed by atoms with Crippen LogP contribution in [-0.4, -0.2) is 11.1 Å². The second kappa shape index (κ2) is 5.18. The number of nitro groups is 1. The van der Waals surface area contributed by atoms with Gasteiger partial charge in [-0.05, 0) is 29.8 Å². The lowest BCUT2D eigenvalue weighted by atomic mass is 10.2. The van der Waals surface area contributed by atoms with Crippen LogP contribution in [0.25, 0.3) is 0 Å². The van der Waals surface area contributed by atoms with Gasteiger partial charge >= 0.3 is 0 Å². The van der Waals surface area contributed by atoms with E-state index in [1.807, 2.05) is 0 Å². The van der Waals surface area contributed by atoms with E-state index >= 15 is 0 Å². The third-order valence-corrected chi connectivity index (χ3v) is 2.31. The van der Waals surface area contributed by atoms with Gasteiger partial charge in [0.2, 0.25) is 0 Å². The second-order valence-electron chi connectivity index (χ2n) is 3.56. The summed E-state index contributed by atoms with van der Waals surface area (Å²) in [5.41, 5.74) is 0.915. The van der Waals surface area contributed by atoms with E-state index in [1.165, 1.54) is 24.4 Å². The Bertz CT molecular complexity index is 594. The van der Waals surface area contributed by atoms with Gasteiger partial charge in [0.25, 0.3) is 5.69 Å². The van der Waals surface area contributed by atoms with Crippen molar-refractivity contribution < 1.29 is 9.31 Å². The number of para-hydroxylation sites is 1. The van der Waals surface area contributed by atoms with Gasteiger partial charge in [0.15, 0.2) is 0 Å². The lowest BCUT2D eigenvalue weighted by molar-refractivity contribution is -0.384. The Morgan fingerprint density at radius 3 is 2.39 bits per heavy atom. The van der Waals surface area contributed by atoms with E-state index in [1.54, 1.807) is 30.3 Å². The highest BCUT2D eigenvalue weighted by Crippen LogP contribution is 2.16. The summed E-state index contributed by atoms with van der Waals surface area (Å²) in [5.74, 6) is -0.407. The summed E-state index contributed by atoms with van der Waals surface area (Å²) in [6, 6.07) is 12.0. The maximum absolute atomic E-state index is 13.3. The van der Waals surface area contributed by atoms with Gasteiger partial charge in [0.05, 0.1) is 10.6 Å². The van der Waals surface area contributed by atoms with E-state index in [9.17, 15) is 14.5 Å². The summed E-state index contributed by atoms with van der Waals surface area (Å²) in [6.45, 7) is 0. The summed E-state index contributed by atoms with van der Waals surface area (Å²) < 4.78 is 13.3. The Kier molecular flexibility index (Phi) is 3.43. The summed E-state index contributed by atoms with van der Waals surface area (Å²) in [6.07, 6.45) is 1.46. The van der Waals surface area contributed by atoms with Crippen LogP contribution in [0.4, 0.5) is 15.8 Å². The molecule has 0 heterocycles. The number of nitrogens with zero attached hydrogens (tertiary/aromatic N) is 2. The zero-order chi connectivity index (χ0) is 13.0. The Morgan fingerprint density at radius 2 is 1.78 bits per heavy atom. The number of hydrogen-bond donors (Lipinski definition) is 0. The minimum Gasteiger partial charge on any atom is -0.258 e. The Balaban J connectivity index is 2.19. The molecule has 90 valence electrons. The topological polar surface area (TPSA) is 55.5 Å². The summed E-state index contributed by atoms with van der Waals surface area (Å²) in [7, 11) is 0. The molecule has 0 aliphatic rings. The summed E-state index contributed by atoms with van der Waals surface area (Å²) >= 11 is 0. The standard InChI is InChI=1S/C13H9FN2O2/c14-12-3-1-2-4-13(12)15-9-10-5-7-11(8-6-10)16(17)18/h1-9H. The number of benzene rings is 2. The highest BCUT2D eigenvalue weighted by molar-refractivity contribution is 5.82. The zero-order valence-corrected chi connectivity index (χ0v) is 9.29. The normalized spacial score (nSPS) is 10.7. The molecule has 2 rings (SSSR count). The molecule has 0 aromatic heterocycles. The zero-order valence-electron chi connectivity index (χ0n) is 9.29. The lowest BCUT2D eigenvalue weighted by Gasteiger charge is -1.96. The Labute approximate surface area is 103 Å². The molecule has 18 heavy (non-hydrogen) atoms. The van der Waals surface area contributed by atoms with Crippen molar-refractivity contribution in [2.45, 2.75) is 0 Å². The lowest BCUT2D eigenvalue weighted by Crippen LogP contribution is -1.88. The van der Waals surface area contributed by atoms with Gasteiger partial charge in [-0.1, -0.05) is 12.1 Å². The van der Waals surface area contributed by atoms with Crippen LogP contribution >= 0.6 is 0 Å². The molecule has 2 aromatic carbocycles. The van der Waals surface area contributed by atoms with E-state index < -0.39 is 10.7 Å². The third kappa shape index (κ3) is 2.76. The van der Waals surface area contributed by atoms with Crippen molar-refractivity contribution in [2.24, 2.45) is 4.99 Å². The van der Waals surface area contributed by atoms with Gasteiger partial charge in [0, 0.05) is 18.3 Å². The average Bonchev–Trinajstić information content (AvgIpc) is 2.38. The fraction of sp³-hybridized carbons (Fsp3) is 0. The number of halogens is 1. The predicted molar refractivity (Wildman–Crippen MR) is 66.8 cm³/mol. The van der Waals surface area contributed by atoms with Crippen LogP contribution < -0.4 is 0 Å². The number of rotatable bonds is 3. The van der Waals surface area contributed by atoms with Crippen LogP contribution in [0, 0.1) is 15.9 Å². The molecule has 0 saturated heterocycles. The molecule has 0 spiro atoms. The molecule has 0 fully saturated rings. The fourth-order valence-corrected chi connectivity index (χ4v) is 1.38. The van der Waals surface area contributed by atoms with Gasteiger partial charge in [-0.3, -0.25) is 15.1 Å². The van der Waals surface area contributed by atoms with Gasteiger partial charge in [-0.25, -0.2) is 4.39 Å². The quantitative estimate of drug-likeness (QED) is 0.471. The van der Waals surface area contributed by atoms with Crippen LogP contribution in [0.1, 0.15) is 5.56 Å². The molecular formula is C13H9FN2O2. The molecule has 0 saturated carbocycles. The molecule has 5 heteroatoms. The predicted octanol–water partition coefficient (Wildman–Crippen LogP) is 3.48. The SMILES string of the molecule is O=[N+]([O-])c1ccc(C=Nc2ccccc2F)cc1. The molecule has 4 nitrogen and oxygen atoms in total. The molecule has 0 N–H and O–H groups in total. The van der Waals surface area contributed by atoms with Crippen LogP contribution in [-0.2, 0) is 0 Å². The van der Waals surface area contributed by atoms with Crippen molar-refractivity contribution in [1.82, 2.24) is 0 Å². The van der Waals surface area contributed by atoms with Crippen molar-refractivity contribution in [3.05, 3.63) is 70.0 Å². The van der Waals surface area contributed by atoms with Crippen molar-refractivity contribution >= 4 is 17.6 Å². The third-order valence-electron chi connectivity index (χ3n) is 2.31. The van der Waals surface area contributed by atoms with Gasteiger partial charge in [-0.15, -0.1) is 0 Å². The van der Waals surface area contributed by atoms with E-state index in [4.69, 9.17) is 0 Å². The first-order valence-corrected chi connectivity index (χ1v) is 5.20. The van der Waals surface area contributed by atoms with Gasteiger partial charge < -0.3 is 0 Å².